The van der Waals surface area contributed by atoms with E-state index in [1.54, 1.807) is 61.8 Å². The maximum Gasteiger partial charge on any atom is 0.247 e. The summed E-state index contributed by atoms with van der Waals surface area (Å²) >= 11 is 0. The first-order valence-electron chi connectivity index (χ1n) is 11.9. The quantitative estimate of drug-likeness (QED) is 0.446. The molecular weight excluding hydrogens is 462 g/mol. The van der Waals surface area contributed by atoms with E-state index in [4.69, 9.17) is 9.26 Å². The number of hydrogen-bond donors (Lipinski definition) is 2. The molecule has 0 radical (unpaired) electrons. The van der Waals surface area contributed by atoms with Crippen molar-refractivity contribution in [3.05, 3.63) is 72.2 Å². The number of benzene rings is 1. The standard InChI is InChI=1S/C26H29N5O5/c1-18-15-22(30-36-18)29-23(32)11-12-24(33)31(20-8-3-2-4-9-20)25(19-7-5-13-27-16-19)26(34)28-17-21-10-6-14-35-21/h2-5,7-9,13,15-16,21,25H,6,10-12,14,17H2,1H3,(H,28,34)(H,29,30,32)/t21-,25-/m0/s1. The molecule has 0 unspecified atom stereocenters. The van der Waals surface area contributed by atoms with Crippen molar-refractivity contribution in [3.8, 4) is 0 Å². The molecule has 1 fully saturated rings. The zero-order valence-corrected chi connectivity index (χ0v) is 20.1. The molecule has 1 saturated heterocycles. The van der Waals surface area contributed by atoms with Gasteiger partial charge in [0.25, 0.3) is 0 Å². The fraction of sp³-hybridized carbons (Fsp3) is 0.346. The number of ether oxygens (including phenoxy) is 1. The van der Waals surface area contributed by atoms with Crippen LogP contribution in [0.3, 0.4) is 0 Å². The second-order valence-corrected chi connectivity index (χ2v) is 8.54. The summed E-state index contributed by atoms with van der Waals surface area (Å²) in [6.07, 6.45) is 4.75. The number of carbonyl (C=O) groups is 3. The monoisotopic (exact) mass is 491 g/mol. The van der Waals surface area contributed by atoms with Crippen LogP contribution in [0.5, 0.6) is 0 Å². The molecule has 10 nitrogen and oxygen atoms in total. The largest absolute Gasteiger partial charge is 0.376 e. The molecular formula is C26H29N5O5. The van der Waals surface area contributed by atoms with Crippen LogP contribution in [-0.4, -0.2) is 47.1 Å². The lowest BCUT2D eigenvalue weighted by molar-refractivity contribution is -0.127. The van der Waals surface area contributed by atoms with Gasteiger partial charge in [-0.2, -0.15) is 0 Å². The van der Waals surface area contributed by atoms with Crippen LogP contribution in [0.1, 0.15) is 43.0 Å². The molecule has 2 atom stereocenters. The van der Waals surface area contributed by atoms with Gasteiger partial charge < -0.3 is 19.9 Å². The van der Waals surface area contributed by atoms with Gasteiger partial charge in [0.2, 0.25) is 17.7 Å². The van der Waals surface area contributed by atoms with Crippen LogP contribution in [0, 0.1) is 6.92 Å². The Morgan fingerprint density at radius 3 is 2.64 bits per heavy atom. The molecule has 2 N–H and O–H groups in total. The minimum atomic E-state index is -0.976. The highest BCUT2D eigenvalue weighted by Crippen LogP contribution is 2.29. The summed E-state index contributed by atoms with van der Waals surface area (Å²) in [6.45, 7) is 2.75. The van der Waals surface area contributed by atoms with Gasteiger partial charge in [0.1, 0.15) is 11.8 Å². The Kier molecular flexibility index (Phi) is 8.40. The molecule has 0 saturated carbocycles. The van der Waals surface area contributed by atoms with Crippen LogP contribution in [-0.2, 0) is 19.1 Å². The van der Waals surface area contributed by atoms with Crippen molar-refractivity contribution in [1.29, 1.82) is 0 Å². The average Bonchev–Trinajstić information content (AvgIpc) is 3.57. The zero-order chi connectivity index (χ0) is 25.3. The molecule has 0 aliphatic carbocycles. The van der Waals surface area contributed by atoms with Crippen molar-refractivity contribution in [2.45, 2.75) is 44.8 Å². The number of rotatable bonds is 10. The molecule has 1 aliphatic rings. The van der Waals surface area contributed by atoms with Crippen molar-refractivity contribution in [3.63, 3.8) is 0 Å². The normalized spacial score (nSPS) is 15.8. The fourth-order valence-electron chi connectivity index (χ4n) is 4.07. The van der Waals surface area contributed by atoms with E-state index in [2.05, 4.69) is 20.8 Å². The smallest absolute Gasteiger partial charge is 0.247 e. The summed E-state index contributed by atoms with van der Waals surface area (Å²) in [6, 6.07) is 13.0. The van der Waals surface area contributed by atoms with Gasteiger partial charge in [0, 0.05) is 55.7 Å². The van der Waals surface area contributed by atoms with Crippen LogP contribution in [0.15, 0.2) is 65.4 Å². The van der Waals surface area contributed by atoms with Gasteiger partial charge in [-0.25, -0.2) is 0 Å². The minimum Gasteiger partial charge on any atom is -0.376 e. The Morgan fingerprint density at radius 1 is 1.14 bits per heavy atom. The highest BCUT2D eigenvalue weighted by atomic mass is 16.5. The Balaban J connectivity index is 1.55. The average molecular weight is 492 g/mol. The van der Waals surface area contributed by atoms with E-state index >= 15 is 0 Å². The summed E-state index contributed by atoms with van der Waals surface area (Å²) in [7, 11) is 0. The Morgan fingerprint density at radius 2 is 1.97 bits per heavy atom. The maximum absolute atomic E-state index is 13.6. The van der Waals surface area contributed by atoms with E-state index in [9.17, 15) is 14.4 Å². The Bertz CT molecular complexity index is 1160. The number of aryl methyl sites for hydroxylation is 1. The van der Waals surface area contributed by atoms with Crippen LogP contribution in [0.4, 0.5) is 11.5 Å². The van der Waals surface area contributed by atoms with Gasteiger partial charge in [0.05, 0.1) is 6.10 Å². The Labute approximate surface area is 209 Å². The number of carbonyl (C=O) groups excluding carboxylic acids is 3. The molecule has 1 aromatic carbocycles. The molecule has 1 aliphatic heterocycles. The van der Waals surface area contributed by atoms with Crippen LogP contribution < -0.4 is 15.5 Å². The predicted octanol–water partition coefficient (Wildman–Crippen LogP) is 3.17. The molecule has 3 heterocycles. The molecule has 36 heavy (non-hydrogen) atoms. The van der Waals surface area contributed by atoms with E-state index < -0.39 is 6.04 Å². The first-order chi connectivity index (χ1) is 17.5. The SMILES string of the molecule is Cc1cc(NC(=O)CCC(=O)N(c2ccccc2)[C@H](C(=O)NC[C@@H]2CCCO2)c2cccnc2)no1. The van der Waals surface area contributed by atoms with Gasteiger partial charge in [-0.1, -0.05) is 29.4 Å². The summed E-state index contributed by atoms with van der Waals surface area (Å²) in [5.74, 6) is -0.269. The molecule has 3 amide bonds. The first-order valence-corrected chi connectivity index (χ1v) is 11.9. The number of aromatic nitrogens is 2. The first kappa shape index (κ1) is 25.1. The van der Waals surface area contributed by atoms with Gasteiger partial charge >= 0.3 is 0 Å². The van der Waals surface area contributed by atoms with Crippen molar-refractivity contribution in [1.82, 2.24) is 15.5 Å². The number of hydrogen-bond acceptors (Lipinski definition) is 7. The van der Waals surface area contributed by atoms with E-state index in [1.807, 2.05) is 6.07 Å². The van der Waals surface area contributed by atoms with Crippen LogP contribution >= 0.6 is 0 Å². The molecule has 4 rings (SSSR count). The van der Waals surface area contributed by atoms with E-state index in [0.29, 0.717) is 30.2 Å². The predicted molar refractivity (Wildman–Crippen MR) is 132 cm³/mol. The molecule has 0 bridgehead atoms. The number of anilines is 2. The summed E-state index contributed by atoms with van der Waals surface area (Å²) < 4.78 is 10.6. The van der Waals surface area contributed by atoms with E-state index in [1.165, 1.54) is 4.90 Å². The van der Waals surface area contributed by atoms with Crippen molar-refractivity contribution < 1.29 is 23.6 Å². The number of nitrogens with one attached hydrogen (secondary N) is 2. The van der Waals surface area contributed by atoms with Gasteiger partial charge in [-0.15, -0.1) is 0 Å². The highest BCUT2D eigenvalue weighted by molar-refractivity contribution is 6.03. The van der Waals surface area contributed by atoms with Crippen LogP contribution in [0.2, 0.25) is 0 Å². The zero-order valence-electron chi connectivity index (χ0n) is 20.1. The Hall–Kier alpha value is -4.05. The fourth-order valence-corrected chi connectivity index (χ4v) is 4.07. The third kappa shape index (κ3) is 6.54. The number of nitrogens with zero attached hydrogens (tertiary/aromatic N) is 3. The minimum absolute atomic E-state index is 0.0479. The van der Waals surface area contributed by atoms with Gasteiger partial charge in [0.15, 0.2) is 5.82 Å². The summed E-state index contributed by atoms with van der Waals surface area (Å²) in [5, 5.41) is 9.30. The molecule has 2 aromatic heterocycles. The number of pyridine rings is 1. The number of para-hydroxylation sites is 1. The highest BCUT2D eigenvalue weighted by Gasteiger charge is 2.33. The van der Waals surface area contributed by atoms with Crippen molar-refractivity contribution in [2.75, 3.05) is 23.4 Å². The van der Waals surface area contributed by atoms with Crippen LogP contribution in [0.25, 0.3) is 0 Å². The molecule has 0 spiro atoms. The third-order valence-electron chi connectivity index (χ3n) is 5.80. The second kappa shape index (κ2) is 12.1. The molecule has 3 aromatic rings. The second-order valence-electron chi connectivity index (χ2n) is 8.54. The molecule has 188 valence electrons. The van der Waals surface area contributed by atoms with E-state index in [-0.39, 0.29) is 42.5 Å². The summed E-state index contributed by atoms with van der Waals surface area (Å²) in [4.78, 5) is 45.1. The topological polar surface area (TPSA) is 127 Å². The summed E-state index contributed by atoms with van der Waals surface area (Å²) in [5.41, 5.74) is 1.10. The van der Waals surface area contributed by atoms with Crippen molar-refractivity contribution >= 4 is 29.2 Å². The number of amides is 3. The van der Waals surface area contributed by atoms with Gasteiger partial charge in [-0.05, 0) is 38.0 Å². The lowest BCUT2D eigenvalue weighted by atomic mass is 10.0. The molecule has 10 heteroatoms. The van der Waals surface area contributed by atoms with Crippen molar-refractivity contribution in [2.24, 2.45) is 0 Å². The lowest BCUT2D eigenvalue weighted by Crippen LogP contribution is -2.45. The lowest BCUT2D eigenvalue weighted by Gasteiger charge is -2.31. The maximum atomic E-state index is 13.6. The third-order valence-corrected chi connectivity index (χ3v) is 5.80. The van der Waals surface area contributed by atoms with E-state index in [0.717, 1.165) is 12.8 Å². The van der Waals surface area contributed by atoms with Gasteiger partial charge in [-0.3, -0.25) is 24.3 Å².